The fraction of sp³-hybridized carbons (Fsp3) is 0.476. The molecule has 6 nitrogen and oxygen atoms in total. The highest BCUT2D eigenvalue weighted by Crippen LogP contribution is 2.49. The molecule has 0 radical (unpaired) electrons. The van der Waals surface area contributed by atoms with Gasteiger partial charge in [-0.15, -0.1) is 0 Å². The van der Waals surface area contributed by atoms with Crippen molar-refractivity contribution in [3.05, 3.63) is 47.4 Å². The van der Waals surface area contributed by atoms with E-state index in [4.69, 9.17) is 9.47 Å². The number of aliphatic hydroxyl groups is 1. The highest BCUT2D eigenvalue weighted by atomic mass is 16.5. The predicted molar refractivity (Wildman–Crippen MR) is 99.7 cm³/mol. The van der Waals surface area contributed by atoms with Gasteiger partial charge in [-0.05, 0) is 31.4 Å². The van der Waals surface area contributed by atoms with Crippen molar-refractivity contribution in [1.82, 2.24) is 9.88 Å². The Balaban J connectivity index is 1.59. The van der Waals surface area contributed by atoms with Gasteiger partial charge in [0.2, 0.25) is 0 Å². The smallest absolute Gasteiger partial charge is 0.337 e. The lowest BCUT2D eigenvalue weighted by molar-refractivity contribution is -0.161. The number of methoxy groups -OCH3 is 1. The molecule has 2 N–H and O–H groups in total. The highest BCUT2D eigenvalue weighted by molar-refractivity contribution is 5.89. The van der Waals surface area contributed by atoms with Gasteiger partial charge >= 0.3 is 5.97 Å². The lowest BCUT2D eigenvalue weighted by Crippen LogP contribution is -2.57. The lowest BCUT2D eigenvalue weighted by Gasteiger charge is -2.52. The third kappa shape index (κ3) is 2.36. The van der Waals surface area contributed by atoms with Crippen molar-refractivity contribution in [1.29, 1.82) is 0 Å². The number of hydrogen-bond donors (Lipinski definition) is 2. The number of esters is 1. The molecule has 142 valence electrons. The molecule has 0 saturated carbocycles. The first-order chi connectivity index (χ1) is 13.1. The van der Waals surface area contributed by atoms with Gasteiger partial charge in [0.05, 0.1) is 25.0 Å². The van der Waals surface area contributed by atoms with E-state index in [-0.39, 0.29) is 30.0 Å². The van der Waals surface area contributed by atoms with Crippen LogP contribution in [-0.4, -0.2) is 46.9 Å². The molecule has 3 aliphatic rings. The van der Waals surface area contributed by atoms with E-state index >= 15 is 0 Å². The van der Waals surface area contributed by atoms with E-state index < -0.39 is 6.23 Å². The number of rotatable bonds is 1. The molecule has 5 rings (SSSR count). The van der Waals surface area contributed by atoms with Crippen molar-refractivity contribution in [3.63, 3.8) is 0 Å². The number of carbonyl (C=O) groups excluding carboxylic acids is 1. The Morgan fingerprint density at radius 1 is 1.37 bits per heavy atom. The molecule has 0 spiro atoms. The average molecular weight is 368 g/mol. The van der Waals surface area contributed by atoms with Crippen molar-refractivity contribution in [2.24, 2.45) is 11.8 Å². The van der Waals surface area contributed by atoms with Crippen LogP contribution in [0.15, 0.2) is 36.1 Å². The van der Waals surface area contributed by atoms with Crippen LogP contribution in [0, 0.1) is 11.8 Å². The van der Waals surface area contributed by atoms with E-state index in [1.54, 1.807) is 0 Å². The molecule has 5 atom stereocenters. The zero-order chi connectivity index (χ0) is 18.7. The van der Waals surface area contributed by atoms with E-state index in [0.29, 0.717) is 5.57 Å². The number of aliphatic hydroxyl groups excluding tert-OH is 1. The summed E-state index contributed by atoms with van der Waals surface area (Å²) in [5.41, 5.74) is 4.16. The number of H-pyrrole nitrogens is 1. The Morgan fingerprint density at radius 3 is 3.00 bits per heavy atom. The number of hydrogen-bond acceptors (Lipinski definition) is 5. The first-order valence-electron chi connectivity index (χ1n) is 9.57. The maximum Gasteiger partial charge on any atom is 0.337 e. The van der Waals surface area contributed by atoms with Crippen molar-refractivity contribution in [2.45, 2.75) is 38.1 Å². The van der Waals surface area contributed by atoms with E-state index in [1.807, 2.05) is 13.0 Å². The summed E-state index contributed by atoms with van der Waals surface area (Å²) >= 11 is 0. The van der Waals surface area contributed by atoms with Crippen LogP contribution in [0.25, 0.3) is 10.9 Å². The van der Waals surface area contributed by atoms with Crippen LogP contribution < -0.4 is 0 Å². The van der Waals surface area contributed by atoms with E-state index in [0.717, 1.165) is 24.9 Å². The van der Waals surface area contributed by atoms with Crippen LogP contribution in [0.4, 0.5) is 0 Å². The monoisotopic (exact) mass is 368 g/mol. The second-order valence-electron chi connectivity index (χ2n) is 7.81. The van der Waals surface area contributed by atoms with E-state index in [2.05, 4.69) is 28.1 Å². The summed E-state index contributed by atoms with van der Waals surface area (Å²) in [4.78, 5) is 18.1. The topological polar surface area (TPSA) is 74.8 Å². The number of fused-ring (bicyclic) bond motifs is 6. The molecular weight excluding hydrogens is 344 g/mol. The largest absolute Gasteiger partial charge is 0.497 e. The molecule has 1 aromatic heterocycles. The standard InChI is InChI=1S/C21H24N2O4/c1-11-18-14(15(10-27-11)21(25)26-2)9-17-19-13(7-8-23(17)20(18)24)12-5-3-4-6-16(12)22-19/h3-6,10-11,14,17-18,20,22,24H,7-9H2,1-2H3/t11-,14+,17-,18+,20?/m0/s1. The minimum absolute atomic E-state index is 0.0516. The van der Waals surface area contributed by atoms with E-state index in [1.165, 1.54) is 30.0 Å². The molecule has 0 amide bonds. The van der Waals surface area contributed by atoms with Gasteiger partial charge in [0.25, 0.3) is 0 Å². The number of nitrogens with zero attached hydrogens (tertiary/aromatic N) is 1. The van der Waals surface area contributed by atoms with Gasteiger partial charge < -0.3 is 19.6 Å². The first kappa shape index (κ1) is 16.8. The summed E-state index contributed by atoms with van der Waals surface area (Å²) in [6.07, 6.45) is 2.39. The van der Waals surface area contributed by atoms with Gasteiger partial charge in [-0.2, -0.15) is 0 Å². The maximum atomic E-state index is 12.3. The van der Waals surface area contributed by atoms with Gasteiger partial charge in [0, 0.05) is 35.0 Å². The second kappa shape index (κ2) is 6.11. The molecule has 1 aromatic carbocycles. The van der Waals surface area contributed by atoms with Gasteiger partial charge in [0.1, 0.15) is 12.3 Å². The summed E-state index contributed by atoms with van der Waals surface area (Å²) < 4.78 is 10.7. The maximum absolute atomic E-state index is 12.3. The minimum Gasteiger partial charge on any atom is -0.497 e. The second-order valence-corrected chi connectivity index (χ2v) is 7.81. The normalized spacial score (nSPS) is 32.7. The average Bonchev–Trinajstić information content (AvgIpc) is 3.07. The Hall–Kier alpha value is -2.31. The predicted octanol–water partition coefficient (Wildman–Crippen LogP) is 2.50. The van der Waals surface area contributed by atoms with Crippen LogP contribution in [0.3, 0.4) is 0 Å². The number of para-hydroxylation sites is 1. The molecule has 0 bridgehead atoms. The molecule has 0 aliphatic carbocycles. The van der Waals surface area contributed by atoms with E-state index in [9.17, 15) is 9.90 Å². The fourth-order valence-electron chi connectivity index (χ4n) is 5.31. The minimum atomic E-state index is -0.656. The molecule has 27 heavy (non-hydrogen) atoms. The van der Waals surface area contributed by atoms with Crippen LogP contribution >= 0.6 is 0 Å². The number of aromatic amines is 1. The number of nitrogens with one attached hydrogen (secondary N) is 1. The van der Waals surface area contributed by atoms with Crippen LogP contribution in [0.1, 0.15) is 30.6 Å². The third-order valence-corrected chi connectivity index (χ3v) is 6.60. The van der Waals surface area contributed by atoms with Crippen LogP contribution in [-0.2, 0) is 20.7 Å². The van der Waals surface area contributed by atoms with Crippen molar-refractivity contribution in [3.8, 4) is 0 Å². The molecular formula is C21H24N2O4. The Labute approximate surface area is 157 Å². The fourth-order valence-corrected chi connectivity index (χ4v) is 5.31. The van der Waals surface area contributed by atoms with Gasteiger partial charge in [-0.3, -0.25) is 4.90 Å². The molecule has 1 saturated heterocycles. The molecule has 1 fully saturated rings. The number of ether oxygens (including phenoxy) is 2. The number of benzene rings is 1. The molecule has 2 aromatic rings. The lowest BCUT2D eigenvalue weighted by atomic mass is 9.71. The molecule has 3 aliphatic heterocycles. The van der Waals surface area contributed by atoms with Crippen molar-refractivity contribution in [2.75, 3.05) is 13.7 Å². The molecule has 4 heterocycles. The summed E-state index contributed by atoms with van der Waals surface area (Å²) in [5.74, 6) is -0.605. The Bertz CT molecular complexity index is 933. The van der Waals surface area contributed by atoms with Gasteiger partial charge in [-0.25, -0.2) is 4.79 Å². The van der Waals surface area contributed by atoms with Gasteiger partial charge in [-0.1, -0.05) is 18.2 Å². The summed E-state index contributed by atoms with van der Waals surface area (Å²) in [6, 6.07) is 8.39. The summed E-state index contributed by atoms with van der Waals surface area (Å²) in [5, 5.41) is 12.5. The van der Waals surface area contributed by atoms with Crippen LogP contribution in [0.2, 0.25) is 0 Å². The quantitative estimate of drug-likeness (QED) is 0.757. The first-order valence-corrected chi connectivity index (χ1v) is 9.57. The Morgan fingerprint density at radius 2 is 2.19 bits per heavy atom. The van der Waals surface area contributed by atoms with Crippen LogP contribution in [0.5, 0.6) is 0 Å². The molecule has 6 heteroatoms. The summed E-state index contributed by atoms with van der Waals surface area (Å²) in [6.45, 7) is 2.76. The zero-order valence-electron chi connectivity index (χ0n) is 15.5. The Kier molecular flexibility index (Phi) is 3.81. The SMILES string of the molecule is COC(=O)C1=CO[C@@H](C)[C@H]2C(O)N3CCc4c([nH]c5ccccc45)[C@@H]3C[C@H]12. The summed E-state index contributed by atoms with van der Waals surface area (Å²) in [7, 11) is 1.39. The molecule has 1 unspecified atom stereocenters. The zero-order valence-corrected chi connectivity index (χ0v) is 15.5. The highest BCUT2D eigenvalue weighted by Gasteiger charge is 2.51. The van der Waals surface area contributed by atoms with Gasteiger partial charge in [0.15, 0.2) is 0 Å². The number of carbonyl (C=O) groups is 1. The number of piperidine rings is 1. The van der Waals surface area contributed by atoms with Crippen molar-refractivity contribution < 1.29 is 19.4 Å². The number of aromatic nitrogens is 1. The van der Waals surface area contributed by atoms with Crippen molar-refractivity contribution >= 4 is 16.9 Å². The third-order valence-electron chi connectivity index (χ3n) is 6.60.